The molecule has 0 aliphatic carbocycles. The molecule has 0 spiro atoms. The van der Waals surface area contributed by atoms with Crippen LogP contribution in [0.25, 0.3) is 0 Å². The number of ether oxygens (including phenoxy) is 4. The maximum atomic E-state index is 12.6. The van der Waals surface area contributed by atoms with Gasteiger partial charge in [0.2, 0.25) is 0 Å². The molecule has 1 aromatic carbocycles. The van der Waals surface area contributed by atoms with Crippen LogP contribution in [0.4, 0.5) is 4.79 Å². The van der Waals surface area contributed by atoms with Crippen LogP contribution in [0, 0.1) is 0 Å². The Morgan fingerprint density at radius 2 is 1.52 bits per heavy atom. The van der Waals surface area contributed by atoms with Gasteiger partial charge in [0.1, 0.15) is 22.2 Å². The highest BCUT2D eigenvalue weighted by Crippen LogP contribution is 2.26. The predicted octanol–water partition coefficient (Wildman–Crippen LogP) is 4.49. The maximum absolute atomic E-state index is 12.6. The Labute approximate surface area is 201 Å². The fraction of sp³-hybridized carbons (Fsp3) is 0.625. The number of nitrogens with one attached hydrogen (secondary N) is 1. The molecular formula is C24H37NO7S. The average Bonchev–Trinajstić information content (AvgIpc) is 2.69. The van der Waals surface area contributed by atoms with Crippen LogP contribution < -0.4 is 10.1 Å². The molecular weight excluding hydrogens is 446 g/mol. The number of benzene rings is 1. The van der Waals surface area contributed by atoms with Gasteiger partial charge in [-0.1, -0.05) is 12.1 Å². The van der Waals surface area contributed by atoms with E-state index >= 15 is 0 Å². The zero-order chi connectivity index (χ0) is 25.2. The van der Waals surface area contributed by atoms with Gasteiger partial charge in [-0.3, -0.25) is 9.59 Å². The van der Waals surface area contributed by atoms with E-state index in [4.69, 9.17) is 18.9 Å². The first kappa shape index (κ1) is 28.6. The summed E-state index contributed by atoms with van der Waals surface area (Å²) in [6.07, 6.45) is -0.464. The Kier molecular flexibility index (Phi) is 11.0. The standard InChI is InChI=1S/C24H37NO7S/c1-23(2,3)31-19(26)14-13-18(25-22(28)32-24(4,5)6)20(21(27)30-8)33-15-16-9-11-17(29-7)12-10-16/h9-12,18,20H,13-15H2,1-8H3,(H,25,28)/t18-,20-/m0/s1. The summed E-state index contributed by atoms with van der Waals surface area (Å²) in [5.74, 6) is 0.305. The van der Waals surface area contributed by atoms with Gasteiger partial charge < -0.3 is 24.3 Å². The lowest BCUT2D eigenvalue weighted by atomic mass is 10.1. The lowest BCUT2D eigenvalue weighted by molar-refractivity contribution is -0.155. The molecule has 1 amide bonds. The number of methoxy groups -OCH3 is 2. The van der Waals surface area contributed by atoms with Crippen molar-refractivity contribution in [3.8, 4) is 5.75 Å². The van der Waals surface area contributed by atoms with Crippen LogP contribution in [0.3, 0.4) is 0 Å². The van der Waals surface area contributed by atoms with E-state index in [1.807, 2.05) is 24.3 Å². The number of hydrogen-bond acceptors (Lipinski definition) is 8. The number of alkyl carbamates (subject to hydrolysis) is 1. The topological polar surface area (TPSA) is 100 Å². The minimum atomic E-state index is -0.757. The number of rotatable bonds is 10. The molecule has 0 aliphatic heterocycles. The van der Waals surface area contributed by atoms with E-state index in [-0.39, 0.29) is 12.8 Å². The van der Waals surface area contributed by atoms with Crippen molar-refractivity contribution < 1.29 is 33.3 Å². The van der Waals surface area contributed by atoms with Gasteiger partial charge in [-0.2, -0.15) is 0 Å². The Morgan fingerprint density at radius 1 is 0.939 bits per heavy atom. The van der Waals surface area contributed by atoms with Gasteiger partial charge in [0.05, 0.1) is 20.3 Å². The highest BCUT2D eigenvalue weighted by Gasteiger charge is 2.33. The fourth-order valence-corrected chi connectivity index (χ4v) is 4.03. The third-order valence-corrected chi connectivity index (χ3v) is 5.55. The van der Waals surface area contributed by atoms with E-state index in [0.717, 1.165) is 11.3 Å². The maximum Gasteiger partial charge on any atom is 0.407 e. The molecule has 0 aliphatic rings. The van der Waals surface area contributed by atoms with E-state index in [2.05, 4.69) is 5.32 Å². The number of thioether (sulfide) groups is 1. The third-order valence-electron chi connectivity index (χ3n) is 4.17. The monoisotopic (exact) mass is 483 g/mol. The van der Waals surface area contributed by atoms with Crippen LogP contribution in [-0.2, 0) is 29.6 Å². The highest BCUT2D eigenvalue weighted by atomic mass is 32.2. The Bertz CT molecular complexity index is 781. The van der Waals surface area contributed by atoms with Crippen LogP contribution in [0.5, 0.6) is 5.75 Å². The first-order valence-corrected chi connectivity index (χ1v) is 11.8. The number of amides is 1. The molecule has 0 unspecified atom stereocenters. The van der Waals surface area contributed by atoms with Crippen molar-refractivity contribution in [3.63, 3.8) is 0 Å². The summed E-state index contributed by atoms with van der Waals surface area (Å²) in [5, 5.41) is 1.99. The summed E-state index contributed by atoms with van der Waals surface area (Å²) < 4.78 is 20.9. The van der Waals surface area contributed by atoms with E-state index < -0.39 is 40.5 Å². The number of carbonyl (C=O) groups excluding carboxylic acids is 3. The molecule has 0 saturated heterocycles. The zero-order valence-corrected chi connectivity index (χ0v) is 21.7. The molecule has 0 aromatic heterocycles. The van der Waals surface area contributed by atoms with Crippen molar-refractivity contribution in [1.29, 1.82) is 0 Å². The second-order valence-electron chi connectivity index (χ2n) is 9.48. The molecule has 33 heavy (non-hydrogen) atoms. The van der Waals surface area contributed by atoms with Gasteiger partial charge in [-0.15, -0.1) is 11.8 Å². The molecule has 0 heterocycles. The van der Waals surface area contributed by atoms with Crippen molar-refractivity contribution in [2.45, 2.75) is 82.6 Å². The predicted molar refractivity (Wildman–Crippen MR) is 128 cm³/mol. The lowest BCUT2D eigenvalue weighted by Gasteiger charge is -2.28. The van der Waals surface area contributed by atoms with Crippen LogP contribution in [-0.4, -0.2) is 54.7 Å². The van der Waals surface area contributed by atoms with Crippen LogP contribution in [0.2, 0.25) is 0 Å². The van der Waals surface area contributed by atoms with E-state index in [1.165, 1.54) is 18.9 Å². The summed E-state index contributed by atoms with van der Waals surface area (Å²) in [4.78, 5) is 37.4. The number of esters is 2. The van der Waals surface area contributed by atoms with Crippen molar-refractivity contribution >= 4 is 29.8 Å². The Balaban J connectivity index is 3.01. The molecule has 8 nitrogen and oxygen atoms in total. The second kappa shape index (κ2) is 12.7. The summed E-state index contributed by atoms with van der Waals surface area (Å²) >= 11 is 1.32. The van der Waals surface area contributed by atoms with Crippen LogP contribution >= 0.6 is 11.8 Å². The molecule has 0 fully saturated rings. The molecule has 9 heteroatoms. The largest absolute Gasteiger partial charge is 0.497 e. The molecule has 1 aromatic rings. The zero-order valence-electron chi connectivity index (χ0n) is 20.9. The van der Waals surface area contributed by atoms with Gasteiger partial charge in [0, 0.05) is 12.2 Å². The van der Waals surface area contributed by atoms with Gasteiger partial charge in [-0.25, -0.2) is 4.79 Å². The minimum Gasteiger partial charge on any atom is -0.497 e. The van der Waals surface area contributed by atoms with Crippen molar-refractivity contribution in [2.75, 3.05) is 14.2 Å². The van der Waals surface area contributed by atoms with Crippen molar-refractivity contribution in [1.82, 2.24) is 5.32 Å². The van der Waals surface area contributed by atoms with Gasteiger partial charge >= 0.3 is 18.0 Å². The highest BCUT2D eigenvalue weighted by molar-refractivity contribution is 7.99. The SMILES string of the molecule is COC(=O)[C@@H](SCc1ccc(OC)cc1)[C@H](CCC(=O)OC(C)(C)C)NC(=O)OC(C)(C)C. The number of hydrogen-bond donors (Lipinski definition) is 1. The summed E-state index contributed by atoms with van der Waals surface area (Å²) in [5.41, 5.74) is -0.370. The quantitative estimate of drug-likeness (QED) is 0.384. The first-order chi connectivity index (χ1) is 15.2. The van der Waals surface area contributed by atoms with Gasteiger partial charge in [-0.05, 0) is 65.7 Å². The van der Waals surface area contributed by atoms with Crippen LogP contribution in [0.1, 0.15) is 59.9 Å². The first-order valence-electron chi connectivity index (χ1n) is 10.8. The summed E-state index contributed by atoms with van der Waals surface area (Å²) in [6.45, 7) is 10.6. The molecule has 0 saturated carbocycles. The summed E-state index contributed by atoms with van der Waals surface area (Å²) in [7, 11) is 2.89. The second-order valence-corrected chi connectivity index (χ2v) is 10.6. The smallest absolute Gasteiger partial charge is 0.407 e. The third kappa shape index (κ3) is 11.8. The normalized spacial score (nSPS) is 13.5. The average molecular weight is 484 g/mol. The van der Waals surface area contributed by atoms with E-state index in [1.54, 1.807) is 48.7 Å². The Hall–Kier alpha value is -2.42. The molecule has 2 atom stereocenters. The Morgan fingerprint density at radius 3 is 2.00 bits per heavy atom. The molecule has 1 N–H and O–H groups in total. The van der Waals surface area contributed by atoms with Gasteiger partial charge in [0.15, 0.2) is 0 Å². The lowest BCUT2D eigenvalue weighted by Crippen LogP contribution is -2.47. The molecule has 1 rings (SSSR count). The number of carbonyl (C=O) groups is 3. The minimum absolute atomic E-state index is 0.0221. The summed E-state index contributed by atoms with van der Waals surface area (Å²) in [6, 6.07) is 6.77. The fourth-order valence-electron chi connectivity index (χ4n) is 2.80. The van der Waals surface area contributed by atoms with E-state index in [9.17, 15) is 14.4 Å². The van der Waals surface area contributed by atoms with Crippen molar-refractivity contribution in [3.05, 3.63) is 29.8 Å². The molecule has 0 radical (unpaired) electrons. The van der Waals surface area contributed by atoms with Gasteiger partial charge in [0.25, 0.3) is 0 Å². The van der Waals surface area contributed by atoms with Crippen molar-refractivity contribution in [2.24, 2.45) is 0 Å². The molecule has 0 bridgehead atoms. The van der Waals surface area contributed by atoms with E-state index in [0.29, 0.717) is 5.75 Å². The van der Waals surface area contributed by atoms with Crippen LogP contribution in [0.15, 0.2) is 24.3 Å². The molecule has 186 valence electrons.